The summed E-state index contributed by atoms with van der Waals surface area (Å²) in [6.07, 6.45) is 2.09. The van der Waals surface area contributed by atoms with Crippen LogP contribution in [0.25, 0.3) is 0 Å². The van der Waals surface area contributed by atoms with E-state index in [1.807, 2.05) is 50.3 Å². The number of hydrogen-bond donors (Lipinski definition) is 2. The van der Waals surface area contributed by atoms with E-state index in [2.05, 4.69) is 39.2 Å². The molecule has 5 atom stereocenters. The molecule has 3 rings (SSSR count). The van der Waals surface area contributed by atoms with Crippen LogP contribution in [0, 0.1) is 0 Å². The lowest BCUT2D eigenvalue weighted by atomic mass is 9.78. The van der Waals surface area contributed by atoms with Crippen molar-refractivity contribution in [2.45, 2.75) is 128 Å². The van der Waals surface area contributed by atoms with Gasteiger partial charge in [-0.3, -0.25) is 0 Å². The quantitative estimate of drug-likeness (QED) is 0.263. The number of rotatable bonds is 10. The van der Waals surface area contributed by atoms with Crippen LogP contribution in [0.2, 0.25) is 18.1 Å². The highest BCUT2D eigenvalue weighted by Crippen LogP contribution is 2.50. The van der Waals surface area contributed by atoms with Crippen LogP contribution in [0.5, 0.6) is 5.75 Å². The first-order chi connectivity index (χ1) is 18.8. The van der Waals surface area contributed by atoms with Crippen molar-refractivity contribution in [1.82, 2.24) is 5.32 Å². The van der Waals surface area contributed by atoms with Crippen LogP contribution in [0.4, 0.5) is 4.79 Å². The van der Waals surface area contributed by atoms with Crippen molar-refractivity contribution >= 4 is 14.4 Å². The molecule has 1 aromatic rings. The van der Waals surface area contributed by atoms with E-state index in [1.165, 1.54) is 0 Å². The maximum atomic E-state index is 12.7. The number of nitrogens with one attached hydrogen (secondary N) is 1. The van der Waals surface area contributed by atoms with E-state index in [9.17, 15) is 9.90 Å². The minimum Gasteiger partial charge on any atom is -0.497 e. The molecule has 1 heterocycles. The lowest BCUT2D eigenvalue weighted by Gasteiger charge is -2.49. The molecule has 0 saturated carbocycles. The third kappa shape index (κ3) is 8.33. The Hall–Kier alpha value is -1.95. The minimum absolute atomic E-state index is 0.0562. The number of aliphatic hydroxyl groups is 1. The number of carbonyl (C=O) groups excluding carboxylic acids is 1. The fourth-order valence-electron chi connectivity index (χ4n) is 4.97. The van der Waals surface area contributed by atoms with E-state index in [0.717, 1.165) is 11.3 Å². The summed E-state index contributed by atoms with van der Waals surface area (Å²) in [6, 6.07) is 7.04. The molecular weight excluding hydrogens is 542 g/mol. The van der Waals surface area contributed by atoms with Crippen molar-refractivity contribution in [2.24, 2.45) is 0 Å². The lowest BCUT2D eigenvalue weighted by Crippen LogP contribution is -2.63. The number of fused-ring (bicyclic) bond motifs is 1. The van der Waals surface area contributed by atoms with E-state index in [4.69, 9.17) is 28.1 Å². The second kappa shape index (κ2) is 12.3. The molecule has 1 saturated heterocycles. The predicted molar refractivity (Wildman–Crippen MR) is 160 cm³/mol. The second-order valence-electron chi connectivity index (χ2n) is 14.0. The second-order valence-corrected chi connectivity index (χ2v) is 18.8. The fourth-order valence-corrected chi connectivity index (χ4v) is 6.24. The number of hydrogen-bond acceptors (Lipinski definition) is 8. The van der Waals surface area contributed by atoms with Crippen LogP contribution in [0.3, 0.4) is 0 Å². The molecular formula is C31H51NO8Si. The lowest BCUT2D eigenvalue weighted by molar-refractivity contribution is -0.180. The topological polar surface area (TPSA) is 105 Å². The van der Waals surface area contributed by atoms with Gasteiger partial charge in [0.25, 0.3) is 0 Å². The van der Waals surface area contributed by atoms with E-state index in [1.54, 1.807) is 27.9 Å². The van der Waals surface area contributed by atoms with Crippen molar-refractivity contribution in [3.63, 3.8) is 0 Å². The molecule has 232 valence electrons. The Labute approximate surface area is 247 Å². The van der Waals surface area contributed by atoms with Gasteiger partial charge in [-0.05, 0) is 70.4 Å². The van der Waals surface area contributed by atoms with Crippen molar-refractivity contribution in [3.8, 4) is 5.75 Å². The van der Waals surface area contributed by atoms with Gasteiger partial charge < -0.3 is 38.5 Å². The smallest absolute Gasteiger partial charge is 0.407 e. The van der Waals surface area contributed by atoms with E-state index < -0.39 is 55.8 Å². The zero-order chi connectivity index (χ0) is 30.9. The summed E-state index contributed by atoms with van der Waals surface area (Å²) < 4.78 is 37.5. The molecule has 1 fully saturated rings. The van der Waals surface area contributed by atoms with Crippen LogP contribution in [0.1, 0.15) is 67.4 Å². The maximum Gasteiger partial charge on any atom is 0.407 e. The van der Waals surface area contributed by atoms with Gasteiger partial charge in [-0.15, -0.1) is 0 Å². The summed E-state index contributed by atoms with van der Waals surface area (Å²) in [6.45, 7) is 20.1. The highest BCUT2D eigenvalue weighted by Gasteiger charge is 2.63. The van der Waals surface area contributed by atoms with Gasteiger partial charge >= 0.3 is 6.09 Å². The summed E-state index contributed by atoms with van der Waals surface area (Å²) in [5.74, 6) is -0.183. The molecule has 2 aliphatic rings. The van der Waals surface area contributed by atoms with Crippen molar-refractivity contribution in [1.29, 1.82) is 0 Å². The van der Waals surface area contributed by atoms with E-state index >= 15 is 0 Å². The number of benzene rings is 1. The molecule has 41 heavy (non-hydrogen) atoms. The third-order valence-electron chi connectivity index (χ3n) is 7.92. The van der Waals surface area contributed by atoms with Gasteiger partial charge in [0.05, 0.1) is 32.5 Å². The normalized spacial score (nSPS) is 26.8. The first kappa shape index (κ1) is 33.5. The minimum atomic E-state index is -2.29. The summed E-state index contributed by atoms with van der Waals surface area (Å²) in [5.41, 5.74) is -0.745. The van der Waals surface area contributed by atoms with Gasteiger partial charge in [-0.1, -0.05) is 45.1 Å². The summed E-state index contributed by atoms with van der Waals surface area (Å²) in [5, 5.41) is 13.2. The van der Waals surface area contributed by atoms with Crippen LogP contribution in [0.15, 0.2) is 36.4 Å². The first-order valence-electron chi connectivity index (χ1n) is 14.4. The molecule has 1 aromatic carbocycles. The Morgan fingerprint density at radius 2 is 1.73 bits per heavy atom. The molecule has 0 bridgehead atoms. The third-order valence-corrected chi connectivity index (χ3v) is 12.4. The zero-order valence-corrected chi connectivity index (χ0v) is 27.7. The molecule has 1 amide bonds. The Morgan fingerprint density at radius 1 is 1.10 bits per heavy atom. The maximum absolute atomic E-state index is 12.7. The molecule has 10 heteroatoms. The van der Waals surface area contributed by atoms with Crippen LogP contribution < -0.4 is 10.1 Å². The average molecular weight is 594 g/mol. The van der Waals surface area contributed by atoms with Gasteiger partial charge in [-0.25, -0.2) is 4.79 Å². The molecule has 0 spiro atoms. The van der Waals surface area contributed by atoms with Crippen molar-refractivity contribution < 1.29 is 38.0 Å². The van der Waals surface area contributed by atoms with Gasteiger partial charge in [0.1, 0.15) is 29.2 Å². The van der Waals surface area contributed by atoms with E-state index in [0.29, 0.717) is 6.61 Å². The number of methoxy groups -OCH3 is 1. The largest absolute Gasteiger partial charge is 0.497 e. The van der Waals surface area contributed by atoms with Crippen molar-refractivity contribution in [2.75, 3.05) is 13.7 Å². The highest BCUT2D eigenvalue weighted by molar-refractivity contribution is 6.74. The molecule has 1 aliphatic heterocycles. The number of alkyl carbamates (subject to hydrolysis) is 1. The predicted octanol–water partition coefficient (Wildman–Crippen LogP) is 5.71. The molecule has 0 unspecified atom stereocenters. The highest BCUT2D eigenvalue weighted by atomic mass is 28.4. The van der Waals surface area contributed by atoms with Crippen LogP contribution in [-0.4, -0.2) is 74.6 Å². The van der Waals surface area contributed by atoms with Crippen molar-refractivity contribution in [3.05, 3.63) is 42.0 Å². The molecule has 1 aliphatic carbocycles. The number of carbonyl (C=O) groups is 1. The van der Waals surface area contributed by atoms with Gasteiger partial charge in [0.15, 0.2) is 14.1 Å². The summed E-state index contributed by atoms with van der Waals surface area (Å²) in [7, 11) is -0.651. The van der Waals surface area contributed by atoms with Gasteiger partial charge in [-0.2, -0.15) is 0 Å². The number of ether oxygens (including phenoxy) is 5. The zero-order valence-electron chi connectivity index (χ0n) is 26.7. The molecule has 0 aromatic heterocycles. The standard InChI is InChI=1S/C31H51NO8Si/c1-28(2,3)38-27(34)32-22(19-33)18-31-25(39-41(10,11)29(4,5)6)17-16-24(26(31)37-30(7,8)40-31)36-20-21-12-14-23(35-9)15-13-21/h12-17,22,24-26,33H,18-20H2,1-11H3,(H,32,34)/t22-,24+,25+,26-,31+/m0/s1. The Bertz CT molecular complexity index is 1060. The van der Waals surface area contributed by atoms with Crippen LogP contribution >= 0.6 is 0 Å². The summed E-state index contributed by atoms with van der Waals surface area (Å²) in [4.78, 5) is 12.7. The first-order valence-corrected chi connectivity index (χ1v) is 17.3. The summed E-state index contributed by atoms with van der Waals surface area (Å²) >= 11 is 0. The SMILES string of the molecule is COc1ccc(CO[C@@H]2C=C[C@@H](O[Si](C)(C)C(C)(C)C)[C@@]3(C[C@@H](CO)NC(=O)OC(C)(C)C)OC(C)(C)O[C@@H]23)cc1. The Balaban J connectivity index is 1.97. The Morgan fingerprint density at radius 3 is 2.27 bits per heavy atom. The molecule has 0 radical (unpaired) electrons. The molecule has 9 nitrogen and oxygen atoms in total. The van der Waals surface area contributed by atoms with Gasteiger partial charge in [0, 0.05) is 6.42 Å². The van der Waals surface area contributed by atoms with Gasteiger partial charge in [0.2, 0.25) is 0 Å². The Kier molecular flexibility index (Phi) is 10.1. The van der Waals surface area contributed by atoms with E-state index in [-0.39, 0.29) is 18.1 Å². The number of aliphatic hydroxyl groups excluding tert-OH is 1. The average Bonchev–Trinajstić information content (AvgIpc) is 3.12. The monoisotopic (exact) mass is 593 g/mol. The number of amides is 1. The fraction of sp³-hybridized carbons (Fsp3) is 0.710. The molecule has 2 N–H and O–H groups in total. The van der Waals surface area contributed by atoms with Crippen LogP contribution in [-0.2, 0) is 30.0 Å².